The predicted octanol–water partition coefficient (Wildman–Crippen LogP) is 5.55. The van der Waals surface area contributed by atoms with Crippen molar-refractivity contribution in [2.45, 2.75) is 39.9 Å². The molecule has 4 heteroatoms. The molecule has 0 aromatic heterocycles. The summed E-state index contributed by atoms with van der Waals surface area (Å²) in [6.07, 6.45) is -0.506. The van der Waals surface area contributed by atoms with E-state index in [9.17, 15) is 4.57 Å². The van der Waals surface area contributed by atoms with E-state index in [4.69, 9.17) is 9.05 Å². The van der Waals surface area contributed by atoms with E-state index in [0.29, 0.717) is 0 Å². The number of hydrogen-bond donors (Lipinski definition) is 0. The van der Waals surface area contributed by atoms with Crippen LogP contribution in [-0.2, 0) is 13.6 Å². The highest BCUT2D eigenvalue weighted by atomic mass is 31.1. The molecular weight excluding hydrogens is 295 g/mol. The van der Waals surface area contributed by atoms with Crippen molar-refractivity contribution >= 4 is 8.25 Å². The normalized spacial score (nSPS) is 15.3. The average Bonchev–Trinajstić information content (AvgIpc) is 2.48. The van der Waals surface area contributed by atoms with Gasteiger partial charge < -0.3 is 9.05 Å². The smallest absolute Gasteiger partial charge is 0.303 e. The molecule has 0 N–H and O–H groups in total. The van der Waals surface area contributed by atoms with Crippen LogP contribution in [0.3, 0.4) is 0 Å². The Bertz CT molecular complexity index is 637. The van der Waals surface area contributed by atoms with Crippen LogP contribution in [0.2, 0.25) is 0 Å². The SMILES string of the molecule is Cc1ccc([C@H](C)O[PH](=O)O[C@@H](C)c2ccccc2C)cc1. The Balaban J connectivity index is 1.95. The largest absolute Gasteiger partial charge is 0.320 e. The summed E-state index contributed by atoms with van der Waals surface area (Å²) in [5.41, 5.74) is 4.34. The number of aryl methyl sites for hydroxylation is 2. The summed E-state index contributed by atoms with van der Waals surface area (Å²) in [5, 5.41) is 0. The number of rotatable bonds is 6. The second-order valence-corrected chi connectivity index (χ2v) is 6.51. The van der Waals surface area contributed by atoms with E-state index in [1.54, 1.807) is 0 Å². The number of benzene rings is 2. The molecule has 22 heavy (non-hydrogen) atoms. The third-order valence-corrected chi connectivity index (χ3v) is 4.81. The zero-order valence-corrected chi connectivity index (χ0v) is 14.5. The van der Waals surface area contributed by atoms with Gasteiger partial charge in [0, 0.05) is 0 Å². The molecule has 1 unspecified atom stereocenters. The van der Waals surface area contributed by atoms with E-state index < -0.39 is 8.25 Å². The molecule has 0 aliphatic carbocycles. The van der Waals surface area contributed by atoms with E-state index in [2.05, 4.69) is 0 Å². The zero-order valence-electron chi connectivity index (χ0n) is 13.5. The van der Waals surface area contributed by atoms with Crippen molar-refractivity contribution in [3.63, 3.8) is 0 Å². The molecule has 0 spiro atoms. The summed E-state index contributed by atoms with van der Waals surface area (Å²) in [7, 11) is -2.56. The van der Waals surface area contributed by atoms with Gasteiger partial charge in [-0.25, -0.2) is 0 Å². The Morgan fingerprint density at radius 2 is 1.45 bits per heavy atom. The summed E-state index contributed by atoms with van der Waals surface area (Å²) < 4.78 is 23.2. The van der Waals surface area contributed by atoms with Gasteiger partial charge in [0.05, 0.1) is 12.2 Å². The lowest BCUT2D eigenvalue weighted by Crippen LogP contribution is -2.00. The van der Waals surface area contributed by atoms with Crippen molar-refractivity contribution in [1.82, 2.24) is 0 Å². The maximum atomic E-state index is 12.1. The van der Waals surface area contributed by atoms with Crippen molar-refractivity contribution in [2.75, 3.05) is 0 Å². The first-order valence-corrected chi connectivity index (χ1v) is 8.69. The van der Waals surface area contributed by atoms with Crippen molar-refractivity contribution in [3.05, 3.63) is 70.8 Å². The summed E-state index contributed by atoms with van der Waals surface area (Å²) >= 11 is 0. The second-order valence-electron chi connectivity index (χ2n) is 5.54. The van der Waals surface area contributed by atoms with Gasteiger partial charge in [-0.05, 0) is 44.4 Å². The van der Waals surface area contributed by atoms with Crippen LogP contribution in [0, 0.1) is 13.8 Å². The highest BCUT2D eigenvalue weighted by molar-refractivity contribution is 7.33. The van der Waals surface area contributed by atoms with Crippen LogP contribution >= 0.6 is 8.25 Å². The van der Waals surface area contributed by atoms with Gasteiger partial charge in [0.15, 0.2) is 0 Å². The summed E-state index contributed by atoms with van der Waals surface area (Å²) in [6.45, 7) is 7.83. The van der Waals surface area contributed by atoms with Crippen LogP contribution in [0.25, 0.3) is 0 Å². The maximum Gasteiger partial charge on any atom is 0.320 e. The lowest BCUT2D eigenvalue weighted by molar-refractivity contribution is 0.146. The van der Waals surface area contributed by atoms with Gasteiger partial charge in [-0.3, -0.25) is 4.57 Å². The van der Waals surface area contributed by atoms with Crippen molar-refractivity contribution < 1.29 is 13.6 Å². The summed E-state index contributed by atoms with van der Waals surface area (Å²) in [4.78, 5) is 0. The standard InChI is InChI=1S/C18H23O3P/c1-13-9-11-17(12-10-13)15(3)20-22(19)21-16(4)18-8-6-5-7-14(18)2/h5-12,15-16,22H,1-4H3/t15-,16-/m0/s1. The highest BCUT2D eigenvalue weighted by Gasteiger charge is 2.15. The fourth-order valence-corrected chi connectivity index (χ4v) is 3.22. The van der Waals surface area contributed by atoms with E-state index in [1.807, 2.05) is 76.2 Å². The lowest BCUT2D eigenvalue weighted by atomic mass is 10.1. The molecule has 2 aromatic carbocycles. The third kappa shape index (κ3) is 4.54. The minimum absolute atomic E-state index is 0.252. The molecule has 0 amide bonds. The van der Waals surface area contributed by atoms with Gasteiger partial charge in [0.1, 0.15) is 0 Å². The molecule has 3 nitrogen and oxygen atoms in total. The van der Waals surface area contributed by atoms with Crippen LogP contribution < -0.4 is 0 Å². The lowest BCUT2D eigenvalue weighted by Gasteiger charge is -2.18. The van der Waals surface area contributed by atoms with Gasteiger partial charge in [0.25, 0.3) is 0 Å². The molecular formula is C18H23O3P. The Hall–Kier alpha value is -1.41. The predicted molar refractivity (Wildman–Crippen MR) is 90.4 cm³/mol. The van der Waals surface area contributed by atoms with E-state index in [1.165, 1.54) is 5.56 Å². The molecule has 0 saturated heterocycles. The molecule has 2 rings (SSSR count). The topological polar surface area (TPSA) is 35.5 Å². The molecule has 0 bridgehead atoms. The first kappa shape index (κ1) is 17.0. The maximum absolute atomic E-state index is 12.1. The first-order chi connectivity index (χ1) is 10.5. The minimum Gasteiger partial charge on any atom is -0.303 e. The monoisotopic (exact) mass is 318 g/mol. The molecule has 0 saturated carbocycles. The van der Waals surface area contributed by atoms with Gasteiger partial charge in [-0.1, -0.05) is 54.1 Å². The summed E-state index contributed by atoms with van der Waals surface area (Å²) in [6, 6.07) is 15.9. The van der Waals surface area contributed by atoms with Gasteiger partial charge >= 0.3 is 8.25 Å². The van der Waals surface area contributed by atoms with Crippen LogP contribution in [0.5, 0.6) is 0 Å². The van der Waals surface area contributed by atoms with E-state index >= 15 is 0 Å². The van der Waals surface area contributed by atoms with Crippen LogP contribution in [0.15, 0.2) is 48.5 Å². The average molecular weight is 318 g/mol. The molecule has 0 aliphatic heterocycles. The van der Waals surface area contributed by atoms with Gasteiger partial charge in [-0.2, -0.15) is 0 Å². The Labute approximate surface area is 133 Å². The Kier molecular flexibility index (Phi) is 5.96. The third-order valence-electron chi connectivity index (χ3n) is 3.72. The Morgan fingerprint density at radius 3 is 2.09 bits per heavy atom. The number of hydrogen-bond acceptors (Lipinski definition) is 3. The molecule has 0 aliphatic rings. The van der Waals surface area contributed by atoms with Crippen molar-refractivity contribution in [1.29, 1.82) is 0 Å². The van der Waals surface area contributed by atoms with E-state index in [0.717, 1.165) is 16.7 Å². The first-order valence-electron chi connectivity index (χ1n) is 7.46. The molecule has 118 valence electrons. The van der Waals surface area contributed by atoms with Crippen LogP contribution in [0.4, 0.5) is 0 Å². The zero-order chi connectivity index (χ0) is 16.1. The highest BCUT2D eigenvalue weighted by Crippen LogP contribution is 2.38. The molecule has 0 fully saturated rings. The van der Waals surface area contributed by atoms with Crippen molar-refractivity contribution in [3.8, 4) is 0 Å². The molecule has 0 radical (unpaired) electrons. The van der Waals surface area contributed by atoms with Crippen LogP contribution in [-0.4, -0.2) is 0 Å². The van der Waals surface area contributed by atoms with Gasteiger partial charge in [0.2, 0.25) is 0 Å². The second kappa shape index (κ2) is 7.73. The molecule has 0 heterocycles. The molecule has 2 aromatic rings. The fraction of sp³-hybridized carbons (Fsp3) is 0.333. The summed E-state index contributed by atoms with van der Waals surface area (Å²) in [5.74, 6) is 0. The van der Waals surface area contributed by atoms with Gasteiger partial charge in [-0.15, -0.1) is 0 Å². The fourth-order valence-electron chi connectivity index (χ4n) is 2.33. The van der Waals surface area contributed by atoms with Crippen molar-refractivity contribution in [2.24, 2.45) is 0 Å². The quantitative estimate of drug-likeness (QED) is 0.655. The van der Waals surface area contributed by atoms with Crippen LogP contribution in [0.1, 0.15) is 48.3 Å². The minimum atomic E-state index is -2.56. The van der Waals surface area contributed by atoms with E-state index in [-0.39, 0.29) is 12.2 Å². The Morgan fingerprint density at radius 1 is 0.864 bits per heavy atom. The molecule has 3 atom stereocenters.